The third-order valence-electron chi connectivity index (χ3n) is 11.2. The summed E-state index contributed by atoms with van der Waals surface area (Å²) in [6, 6.07) is 19.5. The molecule has 0 spiro atoms. The molecule has 19 heteroatoms. The number of allylic oxidation sites excluding steroid dienone is 2. The molecular formula is C55H61N3O16. The van der Waals surface area contributed by atoms with Crippen LogP contribution in [0.25, 0.3) is 0 Å². The van der Waals surface area contributed by atoms with Gasteiger partial charge in [-0.15, -0.1) is 0 Å². The first kappa shape index (κ1) is 59.4. The number of ketones is 2. The van der Waals surface area contributed by atoms with Gasteiger partial charge in [0.1, 0.15) is 49.2 Å². The topological polar surface area (TPSA) is 254 Å². The Kier molecular flexibility index (Phi) is 22.2. The normalized spacial score (nSPS) is 13.1. The summed E-state index contributed by atoms with van der Waals surface area (Å²) in [4.78, 5) is 111. The Hall–Kier alpha value is -8.87. The molecule has 392 valence electrons. The largest absolute Gasteiger partial charge is 0.460 e. The highest BCUT2D eigenvalue weighted by molar-refractivity contribution is 5.89. The number of carbonyl (C=O) groups excluding carboxylic acids is 9. The Morgan fingerprint density at radius 2 is 0.635 bits per heavy atom. The average Bonchev–Trinajstić information content (AvgIpc) is 3.39. The number of esters is 4. The summed E-state index contributed by atoms with van der Waals surface area (Å²) in [6.45, 7) is 25.5. The zero-order chi connectivity index (χ0) is 55.1. The number of rotatable bonds is 29. The molecule has 19 nitrogen and oxygen atoms in total. The second-order valence-electron chi connectivity index (χ2n) is 17.5. The van der Waals surface area contributed by atoms with E-state index in [0.29, 0.717) is 16.7 Å². The van der Waals surface area contributed by atoms with Crippen LogP contribution >= 0.6 is 0 Å². The summed E-state index contributed by atoms with van der Waals surface area (Å²) in [6.07, 6.45) is 3.48. The SMILES string of the molecule is C=CC(=O)CCC(C)(COC(=O)C=C)NC(=O)Oc1ccc(C(C)(c2ccc(OC(=O)NC(C)(CCC(=O)C=C)COC(=O)C=C)cc2)c2ccc(OC(=O)NC(C)(COC(=O)C=C)COC(=O)C=C)cc2)cc1. The molecule has 0 bridgehead atoms. The van der Waals surface area contributed by atoms with Gasteiger partial charge in [-0.2, -0.15) is 0 Å². The lowest BCUT2D eigenvalue weighted by Gasteiger charge is -2.32. The van der Waals surface area contributed by atoms with Gasteiger partial charge in [-0.3, -0.25) is 9.59 Å². The summed E-state index contributed by atoms with van der Waals surface area (Å²) in [5.74, 6) is -3.25. The van der Waals surface area contributed by atoms with E-state index >= 15 is 0 Å². The maximum atomic E-state index is 13.3. The molecule has 0 saturated carbocycles. The molecular weight excluding hydrogens is 959 g/mol. The lowest BCUT2D eigenvalue weighted by molar-refractivity contribution is -0.144. The van der Waals surface area contributed by atoms with Crippen LogP contribution in [0.5, 0.6) is 17.2 Å². The molecule has 0 heterocycles. The fourth-order valence-corrected chi connectivity index (χ4v) is 6.82. The predicted molar refractivity (Wildman–Crippen MR) is 271 cm³/mol. The molecule has 0 aliphatic rings. The summed E-state index contributed by atoms with van der Waals surface area (Å²) in [5.41, 5.74) is -2.94. The van der Waals surface area contributed by atoms with Crippen molar-refractivity contribution in [3.05, 3.63) is 165 Å². The quantitative estimate of drug-likeness (QED) is 0.0262. The van der Waals surface area contributed by atoms with Crippen LogP contribution in [0.4, 0.5) is 14.4 Å². The summed E-state index contributed by atoms with van der Waals surface area (Å²) >= 11 is 0. The molecule has 3 amide bonds. The van der Waals surface area contributed by atoms with Crippen LogP contribution in [-0.2, 0) is 53.1 Å². The molecule has 3 rings (SSSR count). The number of hydrogen-bond donors (Lipinski definition) is 3. The minimum Gasteiger partial charge on any atom is -0.460 e. The number of hydrogen-bond acceptors (Lipinski definition) is 16. The van der Waals surface area contributed by atoms with Crippen LogP contribution in [-0.4, -0.2) is 96.8 Å². The summed E-state index contributed by atoms with van der Waals surface area (Å²) < 4.78 is 37.5. The second-order valence-corrected chi connectivity index (χ2v) is 17.5. The summed E-state index contributed by atoms with van der Waals surface area (Å²) in [7, 11) is 0. The van der Waals surface area contributed by atoms with Crippen LogP contribution in [0.15, 0.2) is 149 Å². The van der Waals surface area contributed by atoms with Gasteiger partial charge in [0.2, 0.25) is 0 Å². The molecule has 0 aliphatic carbocycles. The van der Waals surface area contributed by atoms with Crippen LogP contribution in [0, 0.1) is 0 Å². The van der Waals surface area contributed by atoms with E-state index in [1.54, 1.807) is 74.5 Å². The van der Waals surface area contributed by atoms with Gasteiger partial charge in [-0.25, -0.2) is 33.6 Å². The first-order valence-corrected chi connectivity index (χ1v) is 22.8. The zero-order valence-electron chi connectivity index (χ0n) is 41.8. The molecule has 0 aliphatic heterocycles. The first-order valence-electron chi connectivity index (χ1n) is 22.8. The highest BCUT2D eigenvalue weighted by Gasteiger charge is 2.35. The number of ether oxygens (including phenoxy) is 7. The van der Waals surface area contributed by atoms with E-state index in [1.807, 2.05) is 6.92 Å². The zero-order valence-corrected chi connectivity index (χ0v) is 41.8. The lowest BCUT2D eigenvalue weighted by atomic mass is 9.71. The Balaban J connectivity index is 1.99. The Morgan fingerprint density at radius 3 is 0.878 bits per heavy atom. The highest BCUT2D eigenvalue weighted by atomic mass is 16.6. The highest BCUT2D eigenvalue weighted by Crippen LogP contribution is 2.41. The van der Waals surface area contributed by atoms with E-state index in [4.69, 9.17) is 33.2 Å². The van der Waals surface area contributed by atoms with Gasteiger partial charge in [0, 0.05) is 42.6 Å². The van der Waals surface area contributed by atoms with Crippen molar-refractivity contribution >= 4 is 53.7 Å². The Morgan fingerprint density at radius 1 is 0.392 bits per heavy atom. The number of amides is 3. The van der Waals surface area contributed by atoms with E-state index in [9.17, 15) is 43.2 Å². The van der Waals surface area contributed by atoms with Crippen molar-refractivity contribution < 1.29 is 76.3 Å². The molecule has 3 aromatic rings. The molecule has 3 aromatic carbocycles. The van der Waals surface area contributed by atoms with E-state index in [2.05, 4.69) is 55.4 Å². The molecule has 2 unspecified atom stereocenters. The second kappa shape index (κ2) is 27.7. The van der Waals surface area contributed by atoms with Crippen molar-refractivity contribution in [2.24, 2.45) is 0 Å². The minimum absolute atomic E-state index is 0.00264. The van der Waals surface area contributed by atoms with Gasteiger partial charge < -0.3 is 49.1 Å². The van der Waals surface area contributed by atoms with E-state index in [1.165, 1.54) is 19.1 Å². The number of benzene rings is 3. The average molecular weight is 1020 g/mol. The first-order chi connectivity index (χ1) is 35.0. The van der Waals surface area contributed by atoms with Gasteiger partial charge in [-0.05, 0) is 106 Å². The third kappa shape index (κ3) is 18.7. The van der Waals surface area contributed by atoms with E-state index in [-0.39, 0.29) is 67.7 Å². The van der Waals surface area contributed by atoms with Crippen LogP contribution in [0.1, 0.15) is 70.1 Å². The van der Waals surface area contributed by atoms with Gasteiger partial charge in [-0.1, -0.05) is 75.9 Å². The van der Waals surface area contributed by atoms with E-state index in [0.717, 1.165) is 36.5 Å². The van der Waals surface area contributed by atoms with Gasteiger partial charge in [0.05, 0.1) is 11.1 Å². The maximum Gasteiger partial charge on any atom is 0.413 e. The maximum absolute atomic E-state index is 13.3. The van der Waals surface area contributed by atoms with Gasteiger partial charge in [0.15, 0.2) is 11.6 Å². The van der Waals surface area contributed by atoms with Gasteiger partial charge >= 0.3 is 42.2 Å². The number of nitrogens with one attached hydrogen (secondary N) is 3. The molecule has 3 N–H and O–H groups in total. The van der Waals surface area contributed by atoms with Crippen LogP contribution < -0.4 is 30.2 Å². The fraction of sp³-hybridized carbons (Fsp3) is 0.291. The molecule has 0 fully saturated rings. The number of carbonyl (C=O) groups is 9. The molecule has 2 atom stereocenters. The Bertz CT molecular complexity index is 2250. The molecule has 0 radical (unpaired) electrons. The van der Waals surface area contributed by atoms with Crippen molar-refractivity contribution in [3.63, 3.8) is 0 Å². The van der Waals surface area contributed by atoms with Crippen LogP contribution in [0.2, 0.25) is 0 Å². The molecule has 0 saturated heterocycles. The van der Waals surface area contributed by atoms with Crippen molar-refractivity contribution in [2.75, 3.05) is 26.4 Å². The van der Waals surface area contributed by atoms with Crippen molar-refractivity contribution in [1.29, 1.82) is 0 Å². The smallest absolute Gasteiger partial charge is 0.413 e. The monoisotopic (exact) mass is 1020 g/mol. The van der Waals surface area contributed by atoms with E-state index < -0.39 is 77.4 Å². The summed E-state index contributed by atoms with van der Waals surface area (Å²) in [5, 5.41) is 7.94. The van der Waals surface area contributed by atoms with Crippen LogP contribution in [0.3, 0.4) is 0 Å². The Labute approximate surface area is 429 Å². The van der Waals surface area contributed by atoms with Crippen molar-refractivity contribution in [1.82, 2.24) is 16.0 Å². The van der Waals surface area contributed by atoms with Crippen molar-refractivity contribution in [2.45, 2.75) is 75.4 Å². The lowest BCUT2D eigenvalue weighted by Crippen LogP contribution is -2.54. The minimum atomic E-state index is -1.43. The standard InChI is InChI=1S/C55H61N3O16/c1-11-40(59)29-31-52(7,33-68-45(61)13-3)56-49(65)72-42-23-17-37(18-24-42)55(10,38-19-25-43(26-20-38)73-50(66)57-53(8,32-30-41(60)12-2)34-69-46(62)14-4)39-21-27-44(28-22-39)74-51(67)58-54(9,35-70-47(63)15-5)36-71-48(64)16-6/h11-28H,1-6,29-36H2,7-10H3,(H,56,65)(H,57,66)(H,58,67). The van der Waals surface area contributed by atoms with Gasteiger partial charge in [0.25, 0.3) is 0 Å². The molecule has 0 aromatic heterocycles. The predicted octanol–water partition coefficient (Wildman–Crippen LogP) is 7.57. The molecule has 74 heavy (non-hydrogen) atoms. The fourth-order valence-electron chi connectivity index (χ4n) is 6.82. The van der Waals surface area contributed by atoms with Crippen molar-refractivity contribution in [3.8, 4) is 17.2 Å². The third-order valence-corrected chi connectivity index (χ3v) is 11.2.